The molecule has 1 N–H and O–H groups in total. The van der Waals surface area contributed by atoms with Gasteiger partial charge in [0.2, 0.25) is 6.79 Å². The van der Waals surface area contributed by atoms with E-state index in [1.54, 1.807) is 0 Å². The number of carbonyl (C=O) groups is 1. The molecule has 3 heterocycles. The molecule has 0 atom stereocenters. The molecule has 5 rings (SSSR count). The largest absolute Gasteiger partial charge is 0.454 e. The van der Waals surface area contributed by atoms with Gasteiger partial charge in [0.25, 0.3) is 5.91 Å². The zero-order chi connectivity index (χ0) is 21.8. The number of nitrogens with zero attached hydrogens (tertiary/aromatic N) is 3. The second-order valence-corrected chi connectivity index (χ2v) is 8.49. The van der Waals surface area contributed by atoms with Crippen molar-refractivity contribution in [2.24, 2.45) is 0 Å². The maximum atomic E-state index is 12.9. The molecule has 3 aromatic rings. The van der Waals surface area contributed by atoms with Gasteiger partial charge in [-0.3, -0.25) is 9.69 Å². The van der Waals surface area contributed by atoms with Crippen molar-refractivity contribution in [2.75, 3.05) is 44.8 Å². The second-order valence-electron chi connectivity index (χ2n) is 7.64. The van der Waals surface area contributed by atoms with E-state index in [4.69, 9.17) is 9.47 Å². The van der Waals surface area contributed by atoms with E-state index >= 15 is 0 Å². The second kappa shape index (κ2) is 9.42. The quantitative estimate of drug-likeness (QED) is 0.613. The topological polar surface area (TPSA) is 66.9 Å². The molecule has 1 saturated heterocycles. The summed E-state index contributed by atoms with van der Waals surface area (Å²) in [4.78, 5) is 21.6. The molecule has 164 valence electrons. The van der Waals surface area contributed by atoms with Crippen molar-refractivity contribution >= 4 is 34.1 Å². The van der Waals surface area contributed by atoms with Gasteiger partial charge in [-0.05, 0) is 17.7 Å². The molecule has 32 heavy (non-hydrogen) atoms. The van der Waals surface area contributed by atoms with Crippen LogP contribution in [-0.2, 0) is 0 Å². The summed E-state index contributed by atoms with van der Waals surface area (Å²) < 4.78 is 10.7. The fourth-order valence-corrected chi connectivity index (χ4v) is 4.43. The molecule has 0 aliphatic carbocycles. The van der Waals surface area contributed by atoms with Crippen molar-refractivity contribution in [1.29, 1.82) is 0 Å². The van der Waals surface area contributed by atoms with Crippen LogP contribution >= 0.6 is 11.3 Å². The number of benzene rings is 2. The number of fused-ring (bicyclic) bond motifs is 1. The van der Waals surface area contributed by atoms with Gasteiger partial charge in [-0.25, -0.2) is 4.98 Å². The van der Waals surface area contributed by atoms with Gasteiger partial charge in [-0.2, -0.15) is 0 Å². The first kappa shape index (κ1) is 20.5. The Hall–Kier alpha value is -3.36. The third kappa shape index (κ3) is 4.76. The summed E-state index contributed by atoms with van der Waals surface area (Å²) in [5, 5.41) is 5.73. The third-order valence-electron chi connectivity index (χ3n) is 5.48. The van der Waals surface area contributed by atoms with E-state index in [0.717, 1.165) is 31.1 Å². The van der Waals surface area contributed by atoms with Crippen LogP contribution in [0.5, 0.6) is 11.5 Å². The summed E-state index contributed by atoms with van der Waals surface area (Å²) in [6.07, 6.45) is 4.32. The number of rotatable bonds is 6. The molecule has 0 bridgehead atoms. The SMILES string of the molecule is O=C(c1csc(Nc2ccc3c(c2)OCO3)n1)N1CCN(C/C=C/c2ccccc2)CC1. The summed E-state index contributed by atoms with van der Waals surface area (Å²) >= 11 is 1.42. The minimum atomic E-state index is -0.0144. The van der Waals surface area contributed by atoms with Crippen LogP contribution in [0.3, 0.4) is 0 Å². The molecule has 2 aliphatic heterocycles. The molecule has 2 aliphatic rings. The molecular weight excluding hydrogens is 424 g/mol. The fourth-order valence-electron chi connectivity index (χ4n) is 3.72. The first-order valence-corrected chi connectivity index (χ1v) is 11.5. The highest BCUT2D eigenvalue weighted by atomic mass is 32.1. The van der Waals surface area contributed by atoms with Gasteiger partial charge in [0, 0.05) is 49.9 Å². The number of anilines is 2. The molecular formula is C24H24N4O3S. The number of ether oxygens (including phenoxy) is 2. The van der Waals surface area contributed by atoms with Crippen molar-refractivity contribution in [1.82, 2.24) is 14.8 Å². The third-order valence-corrected chi connectivity index (χ3v) is 6.24. The van der Waals surface area contributed by atoms with Crippen LogP contribution in [0.2, 0.25) is 0 Å². The zero-order valence-corrected chi connectivity index (χ0v) is 18.4. The summed E-state index contributed by atoms with van der Waals surface area (Å²) in [5.74, 6) is 1.43. The highest BCUT2D eigenvalue weighted by Crippen LogP contribution is 2.35. The first-order valence-electron chi connectivity index (χ1n) is 10.6. The average Bonchev–Trinajstić information content (AvgIpc) is 3.49. The van der Waals surface area contributed by atoms with E-state index in [2.05, 4.69) is 39.5 Å². The molecule has 0 unspecified atom stereocenters. The van der Waals surface area contributed by atoms with Gasteiger partial charge in [0.1, 0.15) is 5.69 Å². The number of thiazole rings is 1. The van der Waals surface area contributed by atoms with E-state index < -0.39 is 0 Å². The van der Waals surface area contributed by atoms with Crippen LogP contribution in [0, 0.1) is 0 Å². The molecule has 1 aromatic heterocycles. The van der Waals surface area contributed by atoms with Crippen molar-refractivity contribution in [3.8, 4) is 11.5 Å². The molecule has 0 radical (unpaired) electrons. The maximum Gasteiger partial charge on any atom is 0.273 e. The Kier molecular flexibility index (Phi) is 6.04. The lowest BCUT2D eigenvalue weighted by atomic mass is 10.2. The Morgan fingerprint density at radius 1 is 1.06 bits per heavy atom. The van der Waals surface area contributed by atoms with Gasteiger partial charge in [-0.15, -0.1) is 11.3 Å². The molecule has 1 amide bonds. The van der Waals surface area contributed by atoms with E-state index in [1.165, 1.54) is 16.9 Å². The van der Waals surface area contributed by atoms with Gasteiger partial charge < -0.3 is 19.7 Å². The van der Waals surface area contributed by atoms with Gasteiger partial charge in [0.15, 0.2) is 16.6 Å². The van der Waals surface area contributed by atoms with Crippen LogP contribution in [-0.4, -0.2) is 60.2 Å². The fraction of sp³-hybridized carbons (Fsp3) is 0.250. The molecule has 8 heteroatoms. The number of carbonyl (C=O) groups excluding carboxylic acids is 1. The van der Waals surface area contributed by atoms with E-state index in [9.17, 15) is 4.79 Å². The summed E-state index contributed by atoms with van der Waals surface area (Å²) in [6.45, 7) is 4.26. The van der Waals surface area contributed by atoms with E-state index in [-0.39, 0.29) is 12.7 Å². The summed E-state index contributed by atoms with van der Waals surface area (Å²) in [7, 11) is 0. The lowest BCUT2D eigenvalue weighted by molar-refractivity contribution is 0.0645. The standard InChI is InChI=1S/C24H24N4O3S/c29-23(28-13-11-27(12-14-28)10-4-7-18-5-2-1-3-6-18)20-16-32-24(26-20)25-19-8-9-21-22(15-19)31-17-30-21/h1-9,15-16H,10-14,17H2,(H,25,26)/b7-4+. The monoisotopic (exact) mass is 448 g/mol. The van der Waals surface area contributed by atoms with Gasteiger partial charge in [-0.1, -0.05) is 42.5 Å². The maximum absolute atomic E-state index is 12.9. The Morgan fingerprint density at radius 2 is 1.88 bits per heavy atom. The lowest BCUT2D eigenvalue weighted by Gasteiger charge is -2.33. The van der Waals surface area contributed by atoms with Crippen LogP contribution in [0.4, 0.5) is 10.8 Å². The van der Waals surface area contributed by atoms with Crippen LogP contribution in [0.15, 0.2) is 60.0 Å². The Morgan fingerprint density at radius 3 is 2.72 bits per heavy atom. The number of nitrogens with one attached hydrogen (secondary N) is 1. The van der Waals surface area contributed by atoms with Gasteiger partial charge in [0.05, 0.1) is 0 Å². The highest BCUT2D eigenvalue weighted by molar-refractivity contribution is 7.14. The number of amides is 1. The number of piperazine rings is 1. The molecule has 7 nitrogen and oxygen atoms in total. The highest BCUT2D eigenvalue weighted by Gasteiger charge is 2.23. The van der Waals surface area contributed by atoms with Crippen LogP contribution in [0.25, 0.3) is 6.08 Å². The Bertz CT molecular complexity index is 1110. The predicted molar refractivity (Wildman–Crippen MR) is 126 cm³/mol. The van der Waals surface area contributed by atoms with Crippen LogP contribution < -0.4 is 14.8 Å². The normalized spacial score (nSPS) is 15.9. The van der Waals surface area contributed by atoms with E-state index in [1.807, 2.05) is 46.7 Å². The Labute approximate surface area is 190 Å². The molecule has 0 spiro atoms. The first-order chi connectivity index (χ1) is 15.7. The van der Waals surface area contributed by atoms with Crippen molar-refractivity contribution in [3.05, 3.63) is 71.2 Å². The number of aromatic nitrogens is 1. The van der Waals surface area contributed by atoms with Crippen molar-refractivity contribution in [2.45, 2.75) is 0 Å². The molecule has 0 saturated carbocycles. The predicted octanol–water partition coefficient (Wildman–Crippen LogP) is 4.09. The minimum Gasteiger partial charge on any atom is -0.454 e. The smallest absolute Gasteiger partial charge is 0.273 e. The number of hydrogen-bond donors (Lipinski definition) is 1. The van der Waals surface area contributed by atoms with E-state index in [0.29, 0.717) is 29.7 Å². The summed E-state index contributed by atoms with van der Waals surface area (Å²) in [6, 6.07) is 15.9. The minimum absolute atomic E-state index is 0.0144. The molecule has 2 aromatic carbocycles. The average molecular weight is 449 g/mol. The van der Waals surface area contributed by atoms with Crippen molar-refractivity contribution in [3.63, 3.8) is 0 Å². The van der Waals surface area contributed by atoms with Gasteiger partial charge >= 0.3 is 0 Å². The molecule has 1 fully saturated rings. The lowest BCUT2D eigenvalue weighted by Crippen LogP contribution is -2.48. The summed E-state index contributed by atoms with van der Waals surface area (Å²) in [5.41, 5.74) is 2.53. The van der Waals surface area contributed by atoms with Crippen molar-refractivity contribution < 1.29 is 14.3 Å². The van der Waals surface area contributed by atoms with Crippen LogP contribution in [0.1, 0.15) is 16.1 Å². The number of hydrogen-bond acceptors (Lipinski definition) is 7. The zero-order valence-electron chi connectivity index (χ0n) is 17.6. The Balaban J connectivity index is 1.12.